The number of hydrogen-bond donors (Lipinski definition) is 2. The number of ether oxygens (including phenoxy) is 1. The Hall–Kier alpha value is -1.82. The molecule has 0 atom stereocenters. The Morgan fingerprint density at radius 2 is 2.11 bits per heavy atom. The van der Waals surface area contributed by atoms with Gasteiger partial charge < -0.3 is 15.8 Å². The smallest absolute Gasteiger partial charge is 0.242 e. The first-order valence-electron chi connectivity index (χ1n) is 5.93. The molecule has 0 spiro atoms. The van der Waals surface area contributed by atoms with Gasteiger partial charge in [-0.15, -0.1) is 0 Å². The molecule has 0 amide bonds. The average Bonchev–Trinajstić information content (AvgIpc) is 2.42. The first-order valence-corrected chi connectivity index (χ1v) is 6.72. The number of nitrogen functional groups attached to an aromatic ring is 1. The van der Waals surface area contributed by atoms with E-state index in [2.05, 4.69) is 31.2 Å². The van der Waals surface area contributed by atoms with Crippen LogP contribution < -0.4 is 15.8 Å². The third-order valence-electron chi connectivity index (χ3n) is 2.53. The molecule has 1 aromatic carbocycles. The maximum atomic E-state index is 5.95. The molecule has 3 N–H and O–H groups in total. The van der Waals surface area contributed by atoms with Gasteiger partial charge in [0.2, 0.25) is 5.88 Å². The summed E-state index contributed by atoms with van der Waals surface area (Å²) < 4.78 is 6.37. The zero-order chi connectivity index (χ0) is 13.7. The van der Waals surface area contributed by atoms with Gasteiger partial charge in [0.25, 0.3) is 0 Å². The van der Waals surface area contributed by atoms with Crippen LogP contribution in [0.1, 0.15) is 12.5 Å². The zero-order valence-corrected chi connectivity index (χ0v) is 12.1. The zero-order valence-electron chi connectivity index (χ0n) is 10.6. The summed E-state index contributed by atoms with van der Waals surface area (Å²) >= 11 is 3.50. The van der Waals surface area contributed by atoms with Crippen LogP contribution in [0.5, 0.6) is 5.88 Å². The Kier molecular flexibility index (Phi) is 4.57. The fourth-order valence-electron chi connectivity index (χ4n) is 1.59. The summed E-state index contributed by atoms with van der Waals surface area (Å²) in [5, 5.41) is 3.18. The van der Waals surface area contributed by atoms with E-state index in [1.165, 1.54) is 6.33 Å². The molecule has 0 aliphatic heterocycles. The quantitative estimate of drug-likeness (QED) is 0.885. The Labute approximate surface area is 120 Å². The summed E-state index contributed by atoms with van der Waals surface area (Å²) in [5.41, 5.74) is 7.50. The van der Waals surface area contributed by atoms with E-state index in [0.29, 0.717) is 30.5 Å². The number of rotatable bonds is 5. The largest absolute Gasteiger partial charge is 0.476 e. The van der Waals surface area contributed by atoms with Crippen LogP contribution in [-0.4, -0.2) is 16.6 Å². The number of benzene rings is 1. The van der Waals surface area contributed by atoms with Crippen LogP contribution in [0.2, 0.25) is 0 Å². The standard InChI is InChI=1S/C13H15BrN4O/c1-2-19-13-11(15)12(17-8-18-13)16-7-9-5-3-4-6-10(9)14/h3-6,8H,2,7,15H2,1H3,(H,16,17,18). The molecule has 100 valence electrons. The topological polar surface area (TPSA) is 73.1 Å². The molecule has 1 heterocycles. The molecular formula is C13H15BrN4O. The van der Waals surface area contributed by atoms with E-state index in [9.17, 15) is 0 Å². The van der Waals surface area contributed by atoms with Crippen LogP contribution in [0, 0.1) is 0 Å². The number of nitrogens with two attached hydrogens (primary N) is 1. The van der Waals surface area contributed by atoms with Crippen LogP contribution in [-0.2, 0) is 6.54 Å². The van der Waals surface area contributed by atoms with Crippen molar-refractivity contribution in [3.05, 3.63) is 40.6 Å². The fourth-order valence-corrected chi connectivity index (χ4v) is 2.02. The normalized spacial score (nSPS) is 10.2. The van der Waals surface area contributed by atoms with Crippen LogP contribution in [0.15, 0.2) is 35.1 Å². The summed E-state index contributed by atoms with van der Waals surface area (Å²) in [6.07, 6.45) is 1.43. The summed E-state index contributed by atoms with van der Waals surface area (Å²) in [5.74, 6) is 0.987. The molecule has 0 saturated carbocycles. The summed E-state index contributed by atoms with van der Waals surface area (Å²) in [6.45, 7) is 3.02. The van der Waals surface area contributed by atoms with Crippen LogP contribution >= 0.6 is 15.9 Å². The summed E-state index contributed by atoms with van der Waals surface area (Å²) in [6, 6.07) is 7.97. The van der Waals surface area contributed by atoms with Gasteiger partial charge in [-0.2, -0.15) is 4.98 Å². The van der Waals surface area contributed by atoms with Crippen molar-refractivity contribution in [1.29, 1.82) is 0 Å². The van der Waals surface area contributed by atoms with Gasteiger partial charge in [0, 0.05) is 11.0 Å². The molecular weight excluding hydrogens is 308 g/mol. The first kappa shape index (κ1) is 13.6. The lowest BCUT2D eigenvalue weighted by Gasteiger charge is -2.11. The minimum atomic E-state index is 0.409. The van der Waals surface area contributed by atoms with E-state index in [1.807, 2.05) is 31.2 Å². The Bertz CT molecular complexity index is 562. The van der Waals surface area contributed by atoms with E-state index in [4.69, 9.17) is 10.5 Å². The molecule has 1 aromatic heterocycles. The lowest BCUT2D eigenvalue weighted by atomic mass is 10.2. The molecule has 0 fully saturated rings. The van der Waals surface area contributed by atoms with Gasteiger partial charge in [-0.25, -0.2) is 4.98 Å². The van der Waals surface area contributed by atoms with Crippen molar-refractivity contribution in [1.82, 2.24) is 9.97 Å². The minimum Gasteiger partial charge on any atom is -0.476 e. The van der Waals surface area contributed by atoms with Gasteiger partial charge in [0.05, 0.1) is 6.61 Å². The highest BCUT2D eigenvalue weighted by Gasteiger charge is 2.08. The second-order valence-electron chi connectivity index (χ2n) is 3.82. The Balaban J connectivity index is 2.12. The number of aromatic nitrogens is 2. The molecule has 0 unspecified atom stereocenters. The van der Waals surface area contributed by atoms with Gasteiger partial charge in [-0.1, -0.05) is 34.1 Å². The summed E-state index contributed by atoms with van der Waals surface area (Å²) in [4.78, 5) is 8.12. The molecule has 0 saturated heterocycles. The Morgan fingerprint density at radius 1 is 1.32 bits per heavy atom. The van der Waals surface area contributed by atoms with Gasteiger partial charge in [-0.3, -0.25) is 0 Å². The molecule has 0 aliphatic carbocycles. The highest BCUT2D eigenvalue weighted by atomic mass is 79.9. The number of hydrogen-bond acceptors (Lipinski definition) is 5. The van der Waals surface area contributed by atoms with Crippen molar-refractivity contribution < 1.29 is 4.74 Å². The van der Waals surface area contributed by atoms with Crippen molar-refractivity contribution in [2.45, 2.75) is 13.5 Å². The monoisotopic (exact) mass is 322 g/mol. The van der Waals surface area contributed by atoms with Gasteiger partial charge >= 0.3 is 0 Å². The van der Waals surface area contributed by atoms with Crippen molar-refractivity contribution in [3.63, 3.8) is 0 Å². The summed E-state index contributed by atoms with van der Waals surface area (Å²) in [7, 11) is 0. The SMILES string of the molecule is CCOc1ncnc(NCc2ccccc2Br)c1N. The average molecular weight is 323 g/mol. The van der Waals surface area contributed by atoms with Crippen LogP contribution in [0.4, 0.5) is 11.5 Å². The number of anilines is 2. The van der Waals surface area contributed by atoms with E-state index in [-0.39, 0.29) is 0 Å². The van der Waals surface area contributed by atoms with E-state index in [1.54, 1.807) is 0 Å². The fraction of sp³-hybridized carbons (Fsp3) is 0.231. The van der Waals surface area contributed by atoms with E-state index >= 15 is 0 Å². The molecule has 0 bridgehead atoms. The highest BCUT2D eigenvalue weighted by Crippen LogP contribution is 2.25. The van der Waals surface area contributed by atoms with E-state index in [0.717, 1.165) is 10.0 Å². The number of nitrogens with zero attached hydrogens (tertiary/aromatic N) is 2. The molecule has 5 nitrogen and oxygen atoms in total. The molecule has 19 heavy (non-hydrogen) atoms. The van der Waals surface area contributed by atoms with Crippen LogP contribution in [0.25, 0.3) is 0 Å². The molecule has 0 aliphatic rings. The molecule has 2 rings (SSSR count). The highest BCUT2D eigenvalue weighted by molar-refractivity contribution is 9.10. The molecule has 0 radical (unpaired) electrons. The van der Waals surface area contributed by atoms with E-state index < -0.39 is 0 Å². The maximum absolute atomic E-state index is 5.95. The predicted molar refractivity (Wildman–Crippen MR) is 79.1 cm³/mol. The van der Waals surface area contributed by atoms with Crippen molar-refractivity contribution >= 4 is 27.4 Å². The predicted octanol–water partition coefficient (Wildman–Crippen LogP) is 2.83. The van der Waals surface area contributed by atoms with Gasteiger partial charge in [0.1, 0.15) is 12.0 Å². The molecule has 2 aromatic rings. The lowest BCUT2D eigenvalue weighted by Crippen LogP contribution is -2.08. The van der Waals surface area contributed by atoms with Crippen molar-refractivity contribution in [2.24, 2.45) is 0 Å². The van der Waals surface area contributed by atoms with Crippen molar-refractivity contribution in [3.8, 4) is 5.88 Å². The second-order valence-corrected chi connectivity index (χ2v) is 4.67. The minimum absolute atomic E-state index is 0.409. The first-order chi connectivity index (χ1) is 9.22. The third-order valence-corrected chi connectivity index (χ3v) is 3.31. The Morgan fingerprint density at radius 3 is 2.84 bits per heavy atom. The molecule has 6 heteroatoms. The second kappa shape index (κ2) is 6.38. The number of nitrogens with one attached hydrogen (secondary N) is 1. The van der Waals surface area contributed by atoms with Gasteiger partial charge in [0.15, 0.2) is 5.82 Å². The van der Waals surface area contributed by atoms with Crippen molar-refractivity contribution in [2.75, 3.05) is 17.7 Å². The third kappa shape index (κ3) is 3.35. The van der Waals surface area contributed by atoms with Gasteiger partial charge in [-0.05, 0) is 18.6 Å². The lowest BCUT2D eigenvalue weighted by molar-refractivity contribution is 0.328. The van der Waals surface area contributed by atoms with Crippen LogP contribution in [0.3, 0.4) is 0 Å². The number of halogens is 1. The maximum Gasteiger partial charge on any atom is 0.242 e.